The molecule has 0 aliphatic heterocycles. The van der Waals surface area contributed by atoms with Gasteiger partial charge in [0.25, 0.3) is 0 Å². The average Bonchev–Trinajstić information content (AvgIpc) is 2.85. The fourth-order valence-corrected chi connectivity index (χ4v) is 2.21. The van der Waals surface area contributed by atoms with Crippen molar-refractivity contribution in [2.24, 2.45) is 5.92 Å². The molecule has 110 valence electrons. The smallest absolute Gasteiger partial charge is 0.128 e. The molecule has 2 aromatic rings. The monoisotopic (exact) mass is 275 g/mol. The maximum atomic E-state index is 5.79. The van der Waals surface area contributed by atoms with Gasteiger partial charge < -0.3 is 14.0 Å². The van der Waals surface area contributed by atoms with Gasteiger partial charge in [-0.3, -0.25) is 0 Å². The van der Waals surface area contributed by atoms with E-state index in [1.807, 2.05) is 6.07 Å². The first kappa shape index (κ1) is 14.9. The molecule has 2 rings (SSSR count). The van der Waals surface area contributed by atoms with Gasteiger partial charge in [-0.05, 0) is 30.5 Å². The lowest BCUT2D eigenvalue weighted by Crippen LogP contribution is -2.08. The largest absolute Gasteiger partial charge is 0.493 e. The summed E-state index contributed by atoms with van der Waals surface area (Å²) in [6.45, 7) is 9.68. The molecular formula is C17H25NO2. The van der Waals surface area contributed by atoms with Gasteiger partial charge in [0.1, 0.15) is 5.75 Å². The van der Waals surface area contributed by atoms with E-state index in [0.29, 0.717) is 5.92 Å². The summed E-state index contributed by atoms with van der Waals surface area (Å²) >= 11 is 0. The van der Waals surface area contributed by atoms with Crippen LogP contribution < -0.4 is 4.74 Å². The van der Waals surface area contributed by atoms with Crippen LogP contribution in [0, 0.1) is 5.92 Å². The SMILES string of the molecule is CCCOc1cccc2c1ccn2CCOCC(C)C. The Kier molecular flexibility index (Phi) is 5.48. The highest BCUT2D eigenvalue weighted by Crippen LogP contribution is 2.26. The first-order valence-electron chi connectivity index (χ1n) is 7.50. The van der Waals surface area contributed by atoms with Crippen LogP contribution in [-0.2, 0) is 11.3 Å². The molecule has 1 heterocycles. The Labute approximate surface area is 121 Å². The zero-order valence-corrected chi connectivity index (χ0v) is 12.8. The molecule has 0 atom stereocenters. The summed E-state index contributed by atoms with van der Waals surface area (Å²) in [5, 5.41) is 1.19. The maximum Gasteiger partial charge on any atom is 0.128 e. The third kappa shape index (κ3) is 3.76. The standard InChI is InChI=1S/C17H25NO2/c1-4-11-20-17-7-5-6-16-15(17)8-9-18(16)10-12-19-13-14(2)3/h5-9,14H,4,10-13H2,1-3H3. The van der Waals surface area contributed by atoms with Gasteiger partial charge >= 0.3 is 0 Å². The molecule has 0 aliphatic rings. The normalized spacial score (nSPS) is 11.4. The van der Waals surface area contributed by atoms with Crippen molar-refractivity contribution in [1.82, 2.24) is 4.57 Å². The molecule has 0 bridgehead atoms. The van der Waals surface area contributed by atoms with Crippen LogP contribution in [0.2, 0.25) is 0 Å². The van der Waals surface area contributed by atoms with Crippen LogP contribution >= 0.6 is 0 Å². The molecule has 0 spiro atoms. The summed E-state index contributed by atoms with van der Waals surface area (Å²) in [5.74, 6) is 1.57. The molecule has 0 amide bonds. The number of hydrogen-bond donors (Lipinski definition) is 0. The van der Waals surface area contributed by atoms with Gasteiger partial charge in [-0.25, -0.2) is 0 Å². The van der Waals surface area contributed by atoms with Crippen LogP contribution in [-0.4, -0.2) is 24.4 Å². The Morgan fingerprint density at radius 2 is 2.00 bits per heavy atom. The zero-order valence-electron chi connectivity index (χ0n) is 12.8. The van der Waals surface area contributed by atoms with Crippen molar-refractivity contribution >= 4 is 10.9 Å². The van der Waals surface area contributed by atoms with Crippen LogP contribution in [0.5, 0.6) is 5.75 Å². The van der Waals surface area contributed by atoms with Crippen LogP contribution in [0.25, 0.3) is 10.9 Å². The highest BCUT2D eigenvalue weighted by Gasteiger charge is 2.06. The fourth-order valence-electron chi connectivity index (χ4n) is 2.21. The van der Waals surface area contributed by atoms with Crippen LogP contribution in [0.1, 0.15) is 27.2 Å². The quantitative estimate of drug-likeness (QED) is 0.677. The Hall–Kier alpha value is -1.48. The van der Waals surface area contributed by atoms with Gasteiger partial charge in [-0.2, -0.15) is 0 Å². The summed E-state index contributed by atoms with van der Waals surface area (Å²) in [6, 6.07) is 8.36. The van der Waals surface area contributed by atoms with Crippen molar-refractivity contribution in [3.05, 3.63) is 30.5 Å². The first-order valence-corrected chi connectivity index (χ1v) is 7.50. The predicted molar refractivity (Wildman–Crippen MR) is 83.4 cm³/mol. The Morgan fingerprint density at radius 1 is 1.15 bits per heavy atom. The van der Waals surface area contributed by atoms with Gasteiger partial charge in [0.15, 0.2) is 0 Å². The van der Waals surface area contributed by atoms with Crippen LogP contribution in [0.15, 0.2) is 30.5 Å². The molecule has 0 saturated carbocycles. The summed E-state index contributed by atoms with van der Waals surface area (Å²) in [7, 11) is 0. The molecule has 0 fully saturated rings. The van der Waals surface area contributed by atoms with Crippen molar-refractivity contribution < 1.29 is 9.47 Å². The molecule has 0 radical (unpaired) electrons. The number of fused-ring (bicyclic) bond motifs is 1. The number of benzene rings is 1. The van der Waals surface area contributed by atoms with E-state index in [4.69, 9.17) is 9.47 Å². The number of nitrogens with zero attached hydrogens (tertiary/aromatic N) is 1. The van der Waals surface area contributed by atoms with Gasteiger partial charge in [0.05, 0.1) is 18.7 Å². The lowest BCUT2D eigenvalue weighted by Gasteiger charge is -2.10. The number of hydrogen-bond acceptors (Lipinski definition) is 2. The van der Waals surface area contributed by atoms with E-state index in [1.165, 1.54) is 10.9 Å². The van der Waals surface area contributed by atoms with Gasteiger partial charge in [-0.1, -0.05) is 26.8 Å². The minimum absolute atomic E-state index is 0.588. The lowest BCUT2D eigenvalue weighted by molar-refractivity contribution is 0.104. The number of aromatic nitrogens is 1. The fraction of sp³-hybridized carbons (Fsp3) is 0.529. The van der Waals surface area contributed by atoms with Crippen molar-refractivity contribution in [1.29, 1.82) is 0 Å². The summed E-state index contributed by atoms with van der Waals surface area (Å²) in [6.07, 6.45) is 3.14. The Bertz CT molecular complexity index is 531. The van der Waals surface area contributed by atoms with E-state index in [2.05, 4.69) is 49.7 Å². The molecule has 0 saturated heterocycles. The van der Waals surface area contributed by atoms with Crippen molar-refractivity contribution in [2.45, 2.75) is 33.7 Å². The maximum absolute atomic E-state index is 5.79. The minimum Gasteiger partial charge on any atom is -0.493 e. The second kappa shape index (κ2) is 7.34. The number of ether oxygens (including phenoxy) is 2. The second-order valence-electron chi connectivity index (χ2n) is 5.52. The van der Waals surface area contributed by atoms with Crippen LogP contribution in [0.4, 0.5) is 0 Å². The topological polar surface area (TPSA) is 23.4 Å². The van der Waals surface area contributed by atoms with Crippen molar-refractivity contribution in [2.75, 3.05) is 19.8 Å². The van der Waals surface area contributed by atoms with E-state index in [9.17, 15) is 0 Å². The highest BCUT2D eigenvalue weighted by atomic mass is 16.5. The summed E-state index contributed by atoms with van der Waals surface area (Å²) < 4.78 is 13.7. The lowest BCUT2D eigenvalue weighted by atomic mass is 10.2. The zero-order chi connectivity index (χ0) is 14.4. The number of rotatable bonds is 8. The van der Waals surface area contributed by atoms with E-state index in [1.54, 1.807) is 0 Å². The third-order valence-corrected chi connectivity index (χ3v) is 3.16. The molecule has 3 heteroatoms. The molecule has 3 nitrogen and oxygen atoms in total. The molecule has 0 aliphatic carbocycles. The second-order valence-corrected chi connectivity index (χ2v) is 5.52. The molecule has 0 unspecified atom stereocenters. The molecule has 1 aromatic heterocycles. The van der Waals surface area contributed by atoms with Crippen molar-refractivity contribution in [3.8, 4) is 5.75 Å². The summed E-state index contributed by atoms with van der Waals surface area (Å²) in [4.78, 5) is 0. The van der Waals surface area contributed by atoms with Crippen molar-refractivity contribution in [3.63, 3.8) is 0 Å². The van der Waals surface area contributed by atoms with E-state index < -0.39 is 0 Å². The minimum atomic E-state index is 0.588. The average molecular weight is 275 g/mol. The van der Waals surface area contributed by atoms with Crippen LogP contribution in [0.3, 0.4) is 0 Å². The Morgan fingerprint density at radius 3 is 2.75 bits per heavy atom. The van der Waals surface area contributed by atoms with Gasteiger partial charge in [-0.15, -0.1) is 0 Å². The predicted octanol–water partition coefficient (Wildman–Crippen LogP) is 4.10. The molecule has 20 heavy (non-hydrogen) atoms. The van der Waals surface area contributed by atoms with E-state index >= 15 is 0 Å². The van der Waals surface area contributed by atoms with Gasteiger partial charge in [0.2, 0.25) is 0 Å². The Balaban J connectivity index is 2.04. The van der Waals surface area contributed by atoms with E-state index in [0.717, 1.165) is 38.5 Å². The third-order valence-electron chi connectivity index (χ3n) is 3.16. The van der Waals surface area contributed by atoms with E-state index in [-0.39, 0.29) is 0 Å². The highest BCUT2D eigenvalue weighted by molar-refractivity contribution is 5.86. The molecule has 1 aromatic carbocycles. The van der Waals surface area contributed by atoms with Gasteiger partial charge in [0, 0.05) is 24.7 Å². The first-order chi connectivity index (χ1) is 9.72. The summed E-state index contributed by atoms with van der Waals surface area (Å²) in [5.41, 5.74) is 1.21. The molecular weight excluding hydrogens is 250 g/mol. The molecule has 0 N–H and O–H groups in total.